The minimum Gasteiger partial charge on any atom is -0.356 e. The van der Waals surface area contributed by atoms with Crippen LogP contribution in [0.3, 0.4) is 0 Å². The van der Waals surface area contributed by atoms with Crippen LogP contribution < -0.4 is 10.6 Å². The van der Waals surface area contributed by atoms with E-state index < -0.39 is 0 Å². The Hall–Kier alpha value is -3.85. The molecule has 4 aromatic rings. The number of hydrogen-bond acceptors (Lipinski definition) is 3. The van der Waals surface area contributed by atoms with Crippen LogP contribution in [-0.4, -0.2) is 5.78 Å². The number of para-hydroxylation sites is 1. The number of carbonyl (C=O) groups is 1. The van der Waals surface area contributed by atoms with Crippen molar-refractivity contribution in [2.45, 2.75) is 6.92 Å². The lowest BCUT2D eigenvalue weighted by molar-refractivity contribution is 0.103. The molecule has 0 aliphatic heterocycles. The molecule has 0 spiro atoms. The highest BCUT2D eigenvalue weighted by atomic mass is 16.1. The fourth-order valence-corrected chi connectivity index (χ4v) is 3.07. The first-order chi connectivity index (χ1) is 14.2. The molecule has 3 heteroatoms. The van der Waals surface area contributed by atoms with Gasteiger partial charge >= 0.3 is 0 Å². The van der Waals surface area contributed by atoms with Gasteiger partial charge in [-0.15, -0.1) is 0 Å². The van der Waals surface area contributed by atoms with E-state index in [9.17, 15) is 4.79 Å². The molecule has 0 radical (unpaired) electrons. The lowest BCUT2D eigenvalue weighted by Gasteiger charge is -2.09. The standard InChI is InChI=1S/C26H22N2O/c1-19-7-13-23(14-8-19)28-25-17-11-21(12-18-25)26(29)20-9-15-24(16-10-20)27-22-5-3-2-4-6-22/h2-18,27-28H,1H3. The van der Waals surface area contributed by atoms with Crippen molar-refractivity contribution in [2.75, 3.05) is 10.6 Å². The molecule has 142 valence electrons. The minimum atomic E-state index is 0.0122. The van der Waals surface area contributed by atoms with Crippen LogP contribution >= 0.6 is 0 Å². The molecule has 0 atom stereocenters. The fourth-order valence-electron chi connectivity index (χ4n) is 3.07. The monoisotopic (exact) mass is 378 g/mol. The van der Waals surface area contributed by atoms with E-state index in [1.54, 1.807) is 0 Å². The maximum atomic E-state index is 12.8. The smallest absolute Gasteiger partial charge is 0.193 e. The van der Waals surface area contributed by atoms with Gasteiger partial charge in [0, 0.05) is 33.9 Å². The molecule has 0 fully saturated rings. The third-order valence-electron chi connectivity index (χ3n) is 4.70. The van der Waals surface area contributed by atoms with Crippen molar-refractivity contribution in [3.05, 3.63) is 120 Å². The Morgan fingerprint density at radius 1 is 0.517 bits per heavy atom. The predicted octanol–water partition coefficient (Wildman–Crippen LogP) is 6.71. The highest BCUT2D eigenvalue weighted by Gasteiger charge is 2.09. The lowest BCUT2D eigenvalue weighted by Crippen LogP contribution is -2.02. The van der Waals surface area contributed by atoms with Crippen LogP contribution in [0.4, 0.5) is 22.7 Å². The fraction of sp³-hybridized carbons (Fsp3) is 0.0385. The second kappa shape index (κ2) is 8.44. The molecule has 29 heavy (non-hydrogen) atoms. The molecule has 0 bridgehead atoms. The summed E-state index contributed by atoms with van der Waals surface area (Å²) in [5.74, 6) is 0.0122. The Morgan fingerprint density at radius 3 is 1.34 bits per heavy atom. The maximum absolute atomic E-state index is 12.8. The average molecular weight is 378 g/mol. The average Bonchev–Trinajstić information content (AvgIpc) is 2.77. The van der Waals surface area contributed by atoms with Crippen molar-refractivity contribution in [3.8, 4) is 0 Å². The molecule has 0 amide bonds. The van der Waals surface area contributed by atoms with Gasteiger partial charge in [-0.1, -0.05) is 35.9 Å². The topological polar surface area (TPSA) is 41.1 Å². The van der Waals surface area contributed by atoms with E-state index >= 15 is 0 Å². The number of anilines is 4. The van der Waals surface area contributed by atoms with Gasteiger partial charge in [0.25, 0.3) is 0 Å². The van der Waals surface area contributed by atoms with Crippen LogP contribution in [0, 0.1) is 6.92 Å². The summed E-state index contributed by atoms with van der Waals surface area (Å²) >= 11 is 0. The summed E-state index contributed by atoms with van der Waals surface area (Å²) in [6.07, 6.45) is 0. The normalized spacial score (nSPS) is 10.4. The van der Waals surface area contributed by atoms with E-state index in [4.69, 9.17) is 0 Å². The van der Waals surface area contributed by atoms with Crippen LogP contribution in [0.15, 0.2) is 103 Å². The molecule has 4 rings (SSSR count). The van der Waals surface area contributed by atoms with Crippen LogP contribution in [0.1, 0.15) is 21.5 Å². The first-order valence-corrected chi connectivity index (χ1v) is 9.58. The van der Waals surface area contributed by atoms with E-state index in [0.29, 0.717) is 11.1 Å². The van der Waals surface area contributed by atoms with Gasteiger partial charge in [0.2, 0.25) is 0 Å². The second-order valence-corrected chi connectivity index (χ2v) is 6.97. The molecular weight excluding hydrogens is 356 g/mol. The largest absolute Gasteiger partial charge is 0.356 e. The first kappa shape index (κ1) is 18.5. The summed E-state index contributed by atoms with van der Waals surface area (Å²) in [5, 5.41) is 6.67. The van der Waals surface area contributed by atoms with Crippen LogP contribution in [0.2, 0.25) is 0 Å². The molecular formula is C26H22N2O. The molecule has 4 aromatic carbocycles. The summed E-state index contributed by atoms with van der Waals surface area (Å²) in [6.45, 7) is 2.06. The van der Waals surface area contributed by atoms with Crippen molar-refractivity contribution in [2.24, 2.45) is 0 Å². The minimum absolute atomic E-state index is 0.0122. The third-order valence-corrected chi connectivity index (χ3v) is 4.70. The van der Waals surface area contributed by atoms with Gasteiger partial charge in [0.1, 0.15) is 0 Å². The van der Waals surface area contributed by atoms with Crippen molar-refractivity contribution < 1.29 is 4.79 Å². The Balaban J connectivity index is 1.43. The summed E-state index contributed by atoms with van der Waals surface area (Å²) in [6, 6.07) is 33.3. The number of aryl methyl sites for hydroxylation is 1. The van der Waals surface area contributed by atoms with E-state index in [1.807, 2.05) is 91.0 Å². The first-order valence-electron chi connectivity index (χ1n) is 9.58. The van der Waals surface area contributed by atoms with E-state index in [2.05, 4.69) is 29.7 Å². The zero-order chi connectivity index (χ0) is 20.1. The highest BCUT2D eigenvalue weighted by molar-refractivity contribution is 6.09. The van der Waals surface area contributed by atoms with Gasteiger partial charge in [0.15, 0.2) is 5.78 Å². The Kier molecular flexibility index (Phi) is 5.39. The van der Waals surface area contributed by atoms with Crippen LogP contribution in [0.25, 0.3) is 0 Å². The van der Waals surface area contributed by atoms with Gasteiger partial charge in [-0.3, -0.25) is 4.79 Å². The predicted molar refractivity (Wildman–Crippen MR) is 121 cm³/mol. The summed E-state index contributed by atoms with van der Waals surface area (Å²) in [4.78, 5) is 12.8. The Labute approximate surface area is 171 Å². The van der Waals surface area contributed by atoms with Crippen molar-refractivity contribution in [1.29, 1.82) is 0 Å². The summed E-state index contributed by atoms with van der Waals surface area (Å²) in [7, 11) is 0. The van der Waals surface area contributed by atoms with E-state index in [-0.39, 0.29) is 5.78 Å². The van der Waals surface area contributed by atoms with Crippen LogP contribution in [0.5, 0.6) is 0 Å². The Morgan fingerprint density at radius 2 is 0.897 bits per heavy atom. The van der Waals surface area contributed by atoms with Gasteiger partial charge in [0.05, 0.1) is 0 Å². The summed E-state index contributed by atoms with van der Waals surface area (Å²) in [5.41, 5.74) is 6.50. The molecule has 0 unspecified atom stereocenters. The van der Waals surface area contributed by atoms with E-state index in [1.165, 1.54) is 5.56 Å². The number of ketones is 1. The van der Waals surface area contributed by atoms with Gasteiger partial charge in [-0.2, -0.15) is 0 Å². The van der Waals surface area contributed by atoms with Gasteiger partial charge in [-0.25, -0.2) is 0 Å². The quantitative estimate of drug-likeness (QED) is 0.366. The molecule has 0 aliphatic rings. The Bertz CT molecular complexity index is 1080. The number of hydrogen-bond donors (Lipinski definition) is 2. The number of nitrogens with one attached hydrogen (secondary N) is 2. The molecule has 3 nitrogen and oxygen atoms in total. The molecule has 0 aromatic heterocycles. The maximum Gasteiger partial charge on any atom is 0.193 e. The lowest BCUT2D eigenvalue weighted by atomic mass is 10.0. The summed E-state index contributed by atoms with van der Waals surface area (Å²) < 4.78 is 0. The number of carbonyl (C=O) groups excluding carboxylic acids is 1. The van der Waals surface area contributed by atoms with Crippen LogP contribution in [-0.2, 0) is 0 Å². The highest BCUT2D eigenvalue weighted by Crippen LogP contribution is 2.21. The SMILES string of the molecule is Cc1ccc(Nc2ccc(C(=O)c3ccc(Nc4ccccc4)cc3)cc2)cc1. The number of benzene rings is 4. The zero-order valence-electron chi connectivity index (χ0n) is 16.2. The van der Waals surface area contributed by atoms with Crippen molar-refractivity contribution in [1.82, 2.24) is 0 Å². The molecule has 0 aliphatic carbocycles. The van der Waals surface area contributed by atoms with E-state index in [0.717, 1.165) is 22.7 Å². The second-order valence-electron chi connectivity index (χ2n) is 6.97. The van der Waals surface area contributed by atoms with Crippen molar-refractivity contribution >= 4 is 28.5 Å². The third kappa shape index (κ3) is 4.71. The molecule has 0 saturated carbocycles. The molecule has 0 heterocycles. The van der Waals surface area contributed by atoms with Gasteiger partial charge in [-0.05, 0) is 79.7 Å². The molecule has 0 saturated heterocycles. The zero-order valence-corrected chi connectivity index (χ0v) is 16.2. The van der Waals surface area contributed by atoms with Gasteiger partial charge < -0.3 is 10.6 Å². The molecule has 2 N–H and O–H groups in total. The number of rotatable bonds is 6. The van der Waals surface area contributed by atoms with Crippen molar-refractivity contribution in [3.63, 3.8) is 0 Å².